The molecule has 0 bridgehead atoms. The zero-order chi connectivity index (χ0) is 15.9. The molecule has 1 unspecified atom stereocenters. The van der Waals surface area contributed by atoms with Crippen LogP contribution in [0.3, 0.4) is 0 Å². The molecule has 0 radical (unpaired) electrons. The number of likely N-dealkylation sites (N-methyl/N-ethyl adjacent to an activating group) is 1. The van der Waals surface area contributed by atoms with Crippen molar-refractivity contribution in [2.45, 2.75) is 46.2 Å². The van der Waals surface area contributed by atoms with Gasteiger partial charge in [0.25, 0.3) is 0 Å². The SMILES string of the molecule is CCNC(=NCCN(CC)C(C)C)NC1CCS(=O)(=O)C1.I. The summed E-state index contributed by atoms with van der Waals surface area (Å²) in [6.07, 6.45) is 0.666. The fourth-order valence-electron chi connectivity index (χ4n) is 2.49. The maximum Gasteiger partial charge on any atom is 0.191 e. The molecule has 1 atom stereocenters. The van der Waals surface area contributed by atoms with Crippen LogP contribution in [0.25, 0.3) is 0 Å². The van der Waals surface area contributed by atoms with Crippen LogP contribution in [0.2, 0.25) is 0 Å². The van der Waals surface area contributed by atoms with Gasteiger partial charge in [-0.25, -0.2) is 8.42 Å². The van der Waals surface area contributed by atoms with E-state index in [0.717, 1.165) is 25.6 Å². The number of sulfone groups is 1. The monoisotopic (exact) mass is 446 g/mol. The summed E-state index contributed by atoms with van der Waals surface area (Å²) in [5, 5.41) is 6.42. The molecular formula is C14H31IN4O2S. The number of hydrogen-bond donors (Lipinski definition) is 2. The maximum atomic E-state index is 11.5. The smallest absolute Gasteiger partial charge is 0.191 e. The van der Waals surface area contributed by atoms with Crippen LogP contribution in [-0.4, -0.2) is 69.0 Å². The molecule has 6 nitrogen and oxygen atoms in total. The topological polar surface area (TPSA) is 73.8 Å². The van der Waals surface area contributed by atoms with E-state index in [1.54, 1.807) is 0 Å². The number of rotatable bonds is 7. The Hall–Kier alpha value is -0.0900. The number of halogens is 1. The van der Waals surface area contributed by atoms with Gasteiger partial charge in [-0.05, 0) is 33.7 Å². The Kier molecular flexibility index (Phi) is 10.6. The number of nitrogens with zero attached hydrogens (tertiary/aromatic N) is 2. The van der Waals surface area contributed by atoms with E-state index in [2.05, 4.69) is 41.3 Å². The summed E-state index contributed by atoms with van der Waals surface area (Å²) in [4.78, 5) is 6.91. The van der Waals surface area contributed by atoms with Gasteiger partial charge in [-0.1, -0.05) is 6.92 Å². The number of nitrogens with one attached hydrogen (secondary N) is 2. The van der Waals surface area contributed by atoms with Gasteiger partial charge in [0.05, 0.1) is 18.1 Å². The quantitative estimate of drug-likeness (QED) is 0.348. The van der Waals surface area contributed by atoms with E-state index in [0.29, 0.717) is 19.0 Å². The van der Waals surface area contributed by atoms with E-state index in [4.69, 9.17) is 0 Å². The van der Waals surface area contributed by atoms with Crippen molar-refractivity contribution in [1.82, 2.24) is 15.5 Å². The molecule has 2 N–H and O–H groups in total. The first-order valence-electron chi connectivity index (χ1n) is 7.87. The van der Waals surface area contributed by atoms with E-state index in [1.807, 2.05) is 6.92 Å². The van der Waals surface area contributed by atoms with Gasteiger partial charge in [-0.2, -0.15) is 0 Å². The third kappa shape index (κ3) is 7.96. The summed E-state index contributed by atoms with van der Waals surface area (Å²) in [6.45, 7) is 11.9. The van der Waals surface area contributed by atoms with E-state index in [1.165, 1.54) is 0 Å². The van der Waals surface area contributed by atoms with Gasteiger partial charge in [0.1, 0.15) is 0 Å². The van der Waals surface area contributed by atoms with Crippen LogP contribution >= 0.6 is 24.0 Å². The lowest BCUT2D eigenvalue weighted by molar-refractivity contribution is 0.240. The van der Waals surface area contributed by atoms with Crippen molar-refractivity contribution >= 4 is 39.8 Å². The second-order valence-electron chi connectivity index (χ2n) is 5.73. The van der Waals surface area contributed by atoms with Crippen LogP contribution in [0.15, 0.2) is 4.99 Å². The van der Waals surface area contributed by atoms with Gasteiger partial charge in [-0.3, -0.25) is 9.89 Å². The summed E-state index contributed by atoms with van der Waals surface area (Å²) in [7, 11) is -2.86. The molecule has 0 saturated carbocycles. The summed E-state index contributed by atoms with van der Waals surface area (Å²) in [5.74, 6) is 1.21. The lowest BCUT2D eigenvalue weighted by Crippen LogP contribution is -2.44. The number of guanidine groups is 1. The molecule has 132 valence electrons. The highest BCUT2D eigenvalue weighted by Gasteiger charge is 2.28. The molecule has 1 aliphatic heterocycles. The van der Waals surface area contributed by atoms with Gasteiger partial charge < -0.3 is 10.6 Å². The molecule has 0 spiro atoms. The minimum atomic E-state index is -2.86. The second-order valence-corrected chi connectivity index (χ2v) is 7.96. The first-order chi connectivity index (χ1) is 9.88. The standard InChI is InChI=1S/C14H30N4O2S.HI/c1-5-15-14(16-8-9-18(6-2)12(3)4)17-13-7-10-21(19,20)11-13;/h12-13H,5-11H2,1-4H3,(H2,15,16,17);1H. The van der Waals surface area contributed by atoms with Gasteiger partial charge in [0.2, 0.25) is 0 Å². The van der Waals surface area contributed by atoms with Crippen molar-refractivity contribution in [3.63, 3.8) is 0 Å². The number of aliphatic imine (C=N–C) groups is 1. The molecule has 0 aromatic rings. The van der Waals surface area contributed by atoms with Gasteiger partial charge in [-0.15, -0.1) is 24.0 Å². The van der Waals surface area contributed by atoms with Crippen LogP contribution in [-0.2, 0) is 9.84 Å². The third-order valence-corrected chi connectivity index (χ3v) is 5.48. The normalized spacial score (nSPS) is 21.0. The molecule has 0 aromatic carbocycles. The van der Waals surface area contributed by atoms with Crippen LogP contribution in [0.4, 0.5) is 0 Å². The average molecular weight is 446 g/mol. The highest BCUT2D eigenvalue weighted by molar-refractivity contribution is 14.0. The zero-order valence-corrected chi connectivity index (χ0v) is 17.3. The maximum absolute atomic E-state index is 11.5. The third-order valence-electron chi connectivity index (χ3n) is 3.71. The van der Waals surface area contributed by atoms with Crippen molar-refractivity contribution in [2.75, 3.05) is 37.7 Å². The lowest BCUT2D eigenvalue weighted by Gasteiger charge is -2.24. The minimum absolute atomic E-state index is 0. The fraction of sp³-hybridized carbons (Fsp3) is 0.929. The predicted molar refractivity (Wildman–Crippen MR) is 104 cm³/mol. The second kappa shape index (κ2) is 10.6. The fourth-order valence-corrected chi connectivity index (χ4v) is 4.17. The largest absolute Gasteiger partial charge is 0.357 e. The van der Waals surface area contributed by atoms with Gasteiger partial charge in [0, 0.05) is 25.2 Å². The Balaban J connectivity index is 0.00000441. The van der Waals surface area contributed by atoms with Crippen molar-refractivity contribution in [2.24, 2.45) is 4.99 Å². The van der Waals surface area contributed by atoms with E-state index >= 15 is 0 Å². The molecule has 0 aromatic heterocycles. The summed E-state index contributed by atoms with van der Waals surface area (Å²) in [6, 6.07) is 0.501. The van der Waals surface area contributed by atoms with Crippen molar-refractivity contribution in [1.29, 1.82) is 0 Å². The first-order valence-corrected chi connectivity index (χ1v) is 9.69. The Labute approximate surface area is 152 Å². The lowest BCUT2D eigenvalue weighted by atomic mass is 10.3. The zero-order valence-electron chi connectivity index (χ0n) is 14.1. The van der Waals surface area contributed by atoms with E-state index in [-0.39, 0.29) is 41.5 Å². The molecule has 1 rings (SSSR count). The highest BCUT2D eigenvalue weighted by Crippen LogP contribution is 2.10. The molecule has 0 amide bonds. The Morgan fingerprint density at radius 3 is 2.50 bits per heavy atom. The summed E-state index contributed by atoms with van der Waals surface area (Å²) >= 11 is 0. The summed E-state index contributed by atoms with van der Waals surface area (Å²) < 4.78 is 23.0. The molecule has 1 saturated heterocycles. The summed E-state index contributed by atoms with van der Waals surface area (Å²) in [5.41, 5.74) is 0. The predicted octanol–water partition coefficient (Wildman–Crippen LogP) is 1.08. The van der Waals surface area contributed by atoms with Crippen LogP contribution in [0.5, 0.6) is 0 Å². The van der Waals surface area contributed by atoms with Gasteiger partial charge >= 0.3 is 0 Å². The molecule has 1 heterocycles. The van der Waals surface area contributed by atoms with Crippen molar-refractivity contribution in [3.05, 3.63) is 0 Å². The molecule has 1 aliphatic rings. The van der Waals surface area contributed by atoms with Crippen molar-refractivity contribution < 1.29 is 8.42 Å². The highest BCUT2D eigenvalue weighted by atomic mass is 127. The minimum Gasteiger partial charge on any atom is -0.357 e. The first kappa shape index (κ1) is 21.9. The molecular weight excluding hydrogens is 415 g/mol. The van der Waals surface area contributed by atoms with Crippen molar-refractivity contribution in [3.8, 4) is 0 Å². The van der Waals surface area contributed by atoms with Crippen LogP contribution in [0, 0.1) is 0 Å². The molecule has 0 aliphatic carbocycles. The van der Waals surface area contributed by atoms with E-state index < -0.39 is 9.84 Å². The van der Waals surface area contributed by atoms with E-state index in [9.17, 15) is 8.42 Å². The number of hydrogen-bond acceptors (Lipinski definition) is 4. The Morgan fingerprint density at radius 1 is 1.36 bits per heavy atom. The average Bonchev–Trinajstić information content (AvgIpc) is 2.73. The van der Waals surface area contributed by atoms with Crippen LogP contribution in [0.1, 0.15) is 34.1 Å². The Morgan fingerprint density at radius 2 is 2.05 bits per heavy atom. The Bertz CT molecular complexity index is 440. The van der Waals surface area contributed by atoms with Gasteiger partial charge in [0.15, 0.2) is 15.8 Å². The molecule has 8 heteroatoms. The molecule has 22 heavy (non-hydrogen) atoms. The van der Waals surface area contributed by atoms with Crippen LogP contribution < -0.4 is 10.6 Å². The molecule has 1 fully saturated rings.